The van der Waals surface area contributed by atoms with Crippen molar-refractivity contribution >= 4 is 34.4 Å². The summed E-state index contributed by atoms with van der Waals surface area (Å²) in [6, 6.07) is 5.87. The van der Waals surface area contributed by atoms with E-state index >= 15 is 0 Å². The highest BCUT2D eigenvalue weighted by Crippen LogP contribution is 2.43. The molecule has 26 heavy (non-hydrogen) atoms. The molecule has 134 valence electrons. The van der Waals surface area contributed by atoms with Crippen LogP contribution < -0.4 is 5.32 Å². The SMILES string of the molecule is Cc1c([N+](=O)[O-])cc([N+](=O)[O-])c(Nc2ccccc2C(=O)O)c1[N+](=O)[O-]. The average molecular weight is 362 g/mol. The maximum atomic E-state index is 11.4. The first-order valence-corrected chi connectivity index (χ1v) is 6.85. The van der Waals surface area contributed by atoms with Gasteiger partial charge in [-0.1, -0.05) is 12.1 Å². The summed E-state index contributed by atoms with van der Waals surface area (Å²) in [6.45, 7) is 1.08. The zero-order valence-corrected chi connectivity index (χ0v) is 13.0. The number of nitro groups is 3. The Hall–Kier alpha value is -4.09. The summed E-state index contributed by atoms with van der Waals surface area (Å²) in [7, 11) is 0. The highest BCUT2D eigenvalue weighted by molar-refractivity contribution is 5.96. The predicted molar refractivity (Wildman–Crippen MR) is 87.8 cm³/mol. The van der Waals surface area contributed by atoms with Crippen molar-refractivity contribution < 1.29 is 24.7 Å². The molecular formula is C14H10N4O8. The fourth-order valence-corrected chi connectivity index (χ4v) is 2.34. The highest BCUT2D eigenvalue weighted by Gasteiger charge is 2.35. The Morgan fingerprint density at radius 3 is 2.08 bits per heavy atom. The Kier molecular flexibility index (Phi) is 4.77. The van der Waals surface area contributed by atoms with E-state index in [4.69, 9.17) is 0 Å². The first-order chi connectivity index (χ1) is 12.1. The number of nitrogens with zero attached hydrogens (tertiary/aromatic N) is 3. The summed E-state index contributed by atoms with van der Waals surface area (Å²) >= 11 is 0. The molecule has 0 aliphatic carbocycles. The molecule has 2 aromatic rings. The fourth-order valence-electron chi connectivity index (χ4n) is 2.34. The van der Waals surface area contributed by atoms with Gasteiger partial charge in [0.2, 0.25) is 0 Å². The lowest BCUT2D eigenvalue weighted by Gasteiger charge is -2.11. The van der Waals surface area contributed by atoms with Gasteiger partial charge in [0, 0.05) is 0 Å². The molecule has 0 saturated heterocycles. The zero-order chi connectivity index (χ0) is 19.6. The number of para-hydroxylation sites is 1. The zero-order valence-electron chi connectivity index (χ0n) is 13.0. The summed E-state index contributed by atoms with van der Waals surface area (Å²) in [4.78, 5) is 42.0. The molecule has 0 saturated carbocycles. The third-order valence-corrected chi connectivity index (χ3v) is 3.50. The summed E-state index contributed by atoms with van der Waals surface area (Å²) < 4.78 is 0. The molecule has 0 aliphatic rings. The van der Waals surface area contributed by atoms with E-state index in [0.717, 1.165) is 6.92 Å². The van der Waals surface area contributed by atoms with E-state index in [0.29, 0.717) is 6.07 Å². The summed E-state index contributed by atoms with van der Waals surface area (Å²) in [5.74, 6) is -1.36. The number of nitro benzene ring substituents is 3. The minimum absolute atomic E-state index is 0.139. The molecule has 0 aromatic heterocycles. The van der Waals surface area contributed by atoms with E-state index in [1.54, 1.807) is 0 Å². The Bertz CT molecular complexity index is 956. The average Bonchev–Trinajstić information content (AvgIpc) is 2.54. The summed E-state index contributed by atoms with van der Waals surface area (Å²) in [5, 5.41) is 45.3. The standard InChI is InChI=1S/C14H10N4O8/c1-7-10(16(21)22)6-11(17(23)24)12(13(7)18(25)26)15-9-5-3-2-4-8(9)14(19)20/h2-6,15H,1H3,(H,19,20). The van der Waals surface area contributed by atoms with Crippen molar-refractivity contribution in [2.45, 2.75) is 6.92 Å². The maximum absolute atomic E-state index is 11.4. The molecule has 0 bridgehead atoms. The normalized spacial score (nSPS) is 10.2. The molecule has 12 heteroatoms. The molecule has 0 atom stereocenters. The van der Waals surface area contributed by atoms with E-state index in [-0.39, 0.29) is 11.3 Å². The van der Waals surface area contributed by atoms with Crippen molar-refractivity contribution in [3.63, 3.8) is 0 Å². The number of anilines is 2. The van der Waals surface area contributed by atoms with Crippen LogP contribution >= 0.6 is 0 Å². The Morgan fingerprint density at radius 1 is 1.00 bits per heavy atom. The van der Waals surface area contributed by atoms with Gasteiger partial charge in [0.15, 0.2) is 5.69 Å². The van der Waals surface area contributed by atoms with Gasteiger partial charge < -0.3 is 10.4 Å². The summed E-state index contributed by atoms with van der Waals surface area (Å²) in [6.07, 6.45) is 0. The van der Waals surface area contributed by atoms with E-state index in [9.17, 15) is 40.2 Å². The number of carbonyl (C=O) groups is 1. The minimum atomic E-state index is -1.36. The second kappa shape index (κ2) is 6.80. The molecule has 0 fully saturated rings. The first kappa shape index (κ1) is 18.3. The van der Waals surface area contributed by atoms with Crippen LogP contribution in [-0.4, -0.2) is 25.8 Å². The van der Waals surface area contributed by atoms with Gasteiger partial charge in [0.1, 0.15) is 5.56 Å². The van der Waals surface area contributed by atoms with Crippen molar-refractivity contribution in [2.75, 3.05) is 5.32 Å². The number of hydrogen-bond donors (Lipinski definition) is 2. The molecule has 0 amide bonds. The number of carboxylic acid groups (broad SMARTS) is 1. The van der Waals surface area contributed by atoms with Gasteiger partial charge in [-0.15, -0.1) is 0 Å². The van der Waals surface area contributed by atoms with Crippen LogP contribution in [0.15, 0.2) is 30.3 Å². The van der Waals surface area contributed by atoms with Crippen molar-refractivity contribution in [3.8, 4) is 0 Å². The van der Waals surface area contributed by atoms with Crippen molar-refractivity contribution in [3.05, 3.63) is 71.8 Å². The lowest BCUT2D eigenvalue weighted by molar-refractivity contribution is -0.402. The quantitative estimate of drug-likeness (QED) is 0.576. The second-order valence-electron chi connectivity index (χ2n) is 5.01. The number of carboxylic acids is 1. The third kappa shape index (κ3) is 3.24. The van der Waals surface area contributed by atoms with Crippen LogP contribution in [0, 0.1) is 37.3 Å². The van der Waals surface area contributed by atoms with E-state index in [1.165, 1.54) is 24.3 Å². The molecule has 0 aliphatic heterocycles. The predicted octanol–water partition coefficient (Wildman–Crippen LogP) is 3.16. The lowest BCUT2D eigenvalue weighted by atomic mass is 10.1. The molecule has 0 spiro atoms. The Morgan fingerprint density at radius 2 is 1.58 bits per heavy atom. The number of rotatable bonds is 6. The molecule has 0 unspecified atom stereocenters. The highest BCUT2D eigenvalue weighted by atomic mass is 16.6. The first-order valence-electron chi connectivity index (χ1n) is 6.85. The lowest BCUT2D eigenvalue weighted by Crippen LogP contribution is -2.08. The van der Waals surface area contributed by atoms with Crippen LogP contribution in [0.4, 0.5) is 28.4 Å². The largest absolute Gasteiger partial charge is 0.478 e. The van der Waals surface area contributed by atoms with Crippen LogP contribution in [0.25, 0.3) is 0 Å². The minimum Gasteiger partial charge on any atom is -0.478 e. The molecular weight excluding hydrogens is 352 g/mol. The topological polar surface area (TPSA) is 179 Å². The number of benzene rings is 2. The van der Waals surface area contributed by atoms with Crippen LogP contribution in [0.2, 0.25) is 0 Å². The van der Waals surface area contributed by atoms with Crippen LogP contribution in [-0.2, 0) is 0 Å². The molecule has 2 rings (SSSR count). The van der Waals surface area contributed by atoms with Crippen molar-refractivity contribution in [1.29, 1.82) is 0 Å². The Balaban J connectivity index is 2.81. The van der Waals surface area contributed by atoms with Crippen molar-refractivity contribution in [2.24, 2.45) is 0 Å². The van der Waals surface area contributed by atoms with Crippen LogP contribution in [0.5, 0.6) is 0 Å². The smallest absolute Gasteiger partial charge is 0.337 e. The molecule has 12 nitrogen and oxygen atoms in total. The third-order valence-electron chi connectivity index (χ3n) is 3.50. The summed E-state index contributed by atoms with van der Waals surface area (Å²) in [5.41, 5.74) is -4.06. The van der Waals surface area contributed by atoms with Gasteiger partial charge in [0.25, 0.3) is 5.69 Å². The molecule has 2 aromatic carbocycles. The molecule has 2 N–H and O–H groups in total. The van der Waals surface area contributed by atoms with E-state index < -0.39 is 49.1 Å². The van der Waals surface area contributed by atoms with Gasteiger partial charge in [-0.3, -0.25) is 30.3 Å². The van der Waals surface area contributed by atoms with Gasteiger partial charge in [-0.25, -0.2) is 4.79 Å². The number of aromatic carboxylic acids is 1. The second-order valence-corrected chi connectivity index (χ2v) is 5.01. The van der Waals surface area contributed by atoms with Gasteiger partial charge in [0.05, 0.1) is 32.1 Å². The van der Waals surface area contributed by atoms with Crippen LogP contribution in [0.1, 0.15) is 15.9 Å². The number of hydrogen-bond acceptors (Lipinski definition) is 8. The van der Waals surface area contributed by atoms with Gasteiger partial charge in [-0.05, 0) is 19.1 Å². The van der Waals surface area contributed by atoms with Crippen molar-refractivity contribution in [1.82, 2.24) is 0 Å². The monoisotopic (exact) mass is 362 g/mol. The fraction of sp³-hybridized carbons (Fsp3) is 0.0714. The molecule has 0 heterocycles. The van der Waals surface area contributed by atoms with Gasteiger partial charge >= 0.3 is 17.3 Å². The van der Waals surface area contributed by atoms with E-state index in [2.05, 4.69) is 5.32 Å². The maximum Gasteiger partial charge on any atom is 0.337 e. The van der Waals surface area contributed by atoms with Crippen LogP contribution in [0.3, 0.4) is 0 Å². The number of nitrogens with one attached hydrogen (secondary N) is 1. The Labute approximate surface area is 144 Å². The molecule has 0 radical (unpaired) electrons. The van der Waals surface area contributed by atoms with E-state index in [1.807, 2.05) is 0 Å². The van der Waals surface area contributed by atoms with Gasteiger partial charge in [-0.2, -0.15) is 0 Å².